The van der Waals surface area contributed by atoms with Crippen LogP contribution in [0, 0.1) is 17.0 Å². The lowest BCUT2D eigenvalue weighted by Crippen LogP contribution is -2.39. The summed E-state index contributed by atoms with van der Waals surface area (Å²) >= 11 is 6.06. The second-order valence-electron chi connectivity index (χ2n) is 5.63. The molecule has 7 heteroatoms. The molecule has 1 saturated carbocycles. The molecule has 1 amide bonds. The van der Waals surface area contributed by atoms with Crippen molar-refractivity contribution in [2.45, 2.75) is 45.1 Å². The molecule has 6 nitrogen and oxygen atoms in total. The van der Waals surface area contributed by atoms with E-state index in [-0.39, 0.29) is 29.2 Å². The number of hydrogen-bond donors (Lipinski definition) is 2. The molecule has 1 aromatic carbocycles. The molecule has 0 heterocycles. The molecule has 0 atom stereocenters. The summed E-state index contributed by atoms with van der Waals surface area (Å²) < 4.78 is 0. The summed E-state index contributed by atoms with van der Waals surface area (Å²) in [5.41, 5.74) is 1.15. The number of halogens is 1. The zero-order valence-corrected chi connectivity index (χ0v) is 13.3. The van der Waals surface area contributed by atoms with Crippen LogP contribution in [0.4, 0.5) is 11.4 Å². The van der Waals surface area contributed by atoms with E-state index in [0.717, 1.165) is 25.7 Å². The van der Waals surface area contributed by atoms with Gasteiger partial charge in [0.05, 0.1) is 22.2 Å². The fraction of sp³-hybridized carbons (Fsp3) is 0.533. The van der Waals surface area contributed by atoms with Crippen LogP contribution in [0.2, 0.25) is 5.02 Å². The first-order valence-corrected chi connectivity index (χ1v) is 7.83. The Morgan fingerprint density at radius 2 is 2.05 bits per heavy atom. The van der Waals surface area contributed by atoms with Gasteiger partial charge in [0.15, 0.2) is 0 Å². The number of nitrogens with one attached hydrogen (secondary N) is 2. The molecule has 0 spiro atoms. The van der Waals surface area contributed by atoms with Gasteiger partial charge in [0, 0.05) is 18.2 Å². The van der Waals surface area contributed by atoms with Crippen molar-refractivity contribution in [2.75, 3.05) is 11.9 Å². The summed E-state index contributed by atoms with van der Waals surface area (Å²) in [6, 6.07) is 2.99. The van der Waals surface area contributed by atoms with Crippen molar-refractivity contribution in [2.24, 2.45) is 0 Å². The van der Waals surface area contributed by atoms with Crippen LogP contribution >= 0.6 is 11.6 Å². The number of carbonyl (C=O) groups excluding carboxylic acids is 1. The average Bonchev–Trinajstić information content (AvgIpc) is 2.47. The van der Waals surface area contributed by atoms with E-state index in [0.29, 0.717) is 11.3 Å². The van der Waals surface area contributed by atoms with Gasteiger partial charge in [0.2, 0.25) is 5.91 Å². The Labute approximate surface area is 134 Å². The first-order chi connectivity index (χ1) is 10.5. The standard InChI is InChI=1S/C15H20ClN3O3/c1-10-7-12(19(21)22)8-13(16)15(10)17-9-14(20)18-11-5-3-2-4-6-11/h7-8,11,17H,2-6,9H2,1H3,(H,18,20). The van der Waals surface area contributed by atoms with Crippen LogP contribution in [0.25, 0.3) is 0 Å². The highest BCUT2D eigenvalue weighted by molar-refractivity contribution is 6.33. The summed E-state index contributed by atoms with van der Waals surface area (Å²) in [5, 5.41) is 17.0. The molecule has 0 saturated heterocycles. The Bertz CT molecular complexity index is 548. The Hall–Kier alpha value is -1.82. The molecule has 1 fully saturated rings. The molecular weight excluding hydrogens is 306 g/mol. The van der Waals surface area contributed by atoms with Gasteiger partial charge in [0.25, 0.3) is 5.69 Å². The number of non-ortho nitro benzene ring substituents is 1. The number of nitrogens with zero attached hydrogens (tertiary/aromatic N) is 1. The Balaban J connectivity index is 1.93. The summed E-state index contributed by atoms with van der Waals surface area (Å²) in [4.78, 5) is 22.2. The maximum Gasteiger partial charge on any atom is 0.271 e. The van der Waals surface area contributed by atoms with Crippen molar-refractivity contribution in [1.82, 2.24) is 5.32 Å². The highest BCUT2D eigenvalue weighted by Crippen LogP contribution is 2.30. The average molecular weight is 326 g/mol. The molecule has 120 valence electrons. The largest absolute Gasteiger partial charge is 0.375 e. The zero-order valence-electron chi connectivity index (χ0n) is 12.5. The highest BCUT2D eigenvalue weighted by Gasteiger charge is 2.17. The van der Waals surface area contributed by atoms with Gasteiger partial charge < -0.3 is 10.6 Å². The van der Waals surface area contributed by atoms with Crippen molar-refractivity contribution in [3.63, 3.8) is 0 Å². The monoisotopic (exact) mass is 325 g/mol. The molecule has 1 aliphatic rings. The molecule has 0 bridgehead atoms. The van der Waals surface area contributed by atoms with Gasteiger partial charge in [-0.1, -0.05) is 30.9 Å². The van der Waals surface area contributed by atoms with Gasteiger partial charge in [-0.25, -0.2) is 0 Å². The van der Waals surface area contributed by atoms with E-state index < -0.39 is 4.92 Å². The predicted octanol–water partition coefficient (Wildman–Crippen LogP) is 3.42. The molecule has 1 aliphatic carbocycles. The van der Waals surface area contributed by atoms with E-state index in [2.05, 4.69) is 10.6 Å². The maximum atomic E-state index is 12.0. The summed E-state index contributed by atoms with van der Waals surface area (Å²) in [7, 11) is 0. The summed E-state index contributed by atoms with van der Waals surface area (Å²) in [5.74, 6) is -0.0827. The molecule has 0 aliphatic heterocycles. The molecule has 0 aromatic heterocycles. The van der Waals surface area contributed by atoms with E-state index in [1.807, 2.05) is 0 Å². The Morgan fingerprint density at radius 3 is 2.64 bits per heavy atom. The third kappa shape index (κ3) is 4.34. The highest BCUT2D eigenvalue weighted by atomic mass is 35.5. The van der Waals surface area contributed by atoms with Gasteiger partial charge >= 0.3 is 0 Å². The lowest BCUT2D eigenvalue weighted by Gasteiger charge is -2.23. The van der Waals surface area contributed by atoms with Crippen LogP contribution in [0.15, 0.2) is 12.1 Å². The number of aryl methyl sites for hydroxylation is 1. The minimum Gasteiger partial charge on any atom is -0.375 e. The summed E-state index contributed by atoms with van der Waals surface area (Å²) in [6.07, 6.45) is 5.62. The SMILES string of the molecule is Cc1cc([N+](=O)[O-])cc(Cl)c1NCC(=O)NC1CCCCC1. The fourth-order valence-electron chi connectivity index (χ4n) is 2.75. The van der Waals surface area contributed by atoms with Gasteiger partial charge in [-0.2, -0.15) is 0 Å². The van der Waals surface area contributed by atoms with Crippen LogP contribution in [0.5, 0.6) is 0 Å². The third-order valence-corrected chi connectivity index (χ3v) is 4.18. The molecule has 2 N–H and O–H groups in total. The number of benzene rings is 1. The lowest BCUT2D eigenvalue weighted by atomic mass is 9.95. The van der Waals surface area contributed by atoms with E-state index >= 15 is 0 Å². The Kier molecular flexibility index (Phi) is 5.60. The minimum absolute atomic E-state index is 0.0558. The van der Waals surface area contributed by atoms with Gasteiger partial charge in [-0.15, -0.1) is 0 Å². The molecule has 1 aromatic rings. The number of anilines is 1. The topological polar surface area (TPSA) is 84.3 Å². The second-order valence-corrected chi connectivity index (χ2v) is 6.04. The van der Waals surface area contributed by atoms with E-state index in [1.165, 1.54) is 18.6 Å². The number of amides is 1. The van der Waals surface area contributed by atoms with E-state index in [4.69, 9.17) is 11.6 Å². The number of nitro groups is 1. The van der Waals surface area contributed by atoms with Crippen molar-refractivity contribution in [3.05, 3.63) is 32.8 Å². The maximum absolute atomic E-state index is 12.0. The number of nitro benzene ring substituents is 1. The molecule has 0 radical (unpaired) electrons. The second kappa shape index (κ2) is 7.45. The van der Waals surface area contributed by atoms with Crippen molar-refractivity contribution < 1.29 is 9.72 Å². The number of rotatable bonds is 5. The molecule has 22 heavy (non-hydrogen) atoms. The van der Waals surface area contributed by atoms with Crippen molar-refractivity contribution >= 4 is 28.9 Å². The van der Waals surface area contributed by atoms with Crippen LogP contribution in [0.1, 0.15) is 37.7 Å². The van der Waals surface area contributed by atoms with E-state index in [1.54, 1.807) is 6.92 Å². The zero-order chi connectivity index (χ0) is 16.1. The first kappa shape index (κ1) is 16.5. The van der Waals surface area contributed by atoms with Crippen LogP contribution in [-0.2, 0) is 4.79 Å². The van der Waals surface area contributed by atoms with Crippen LogP contribution < -0.4 is 10.6 Å². The predicted molar refractivity (Wildman–Crippen MR) is 86.3 cm³/mol. The summed E-state index contributed by atoms with van der Waals surface area (Å²) in [6.45, 7) is 1.83. The van der Waals surface area contributed by atoms with Crippen molar-refractivity contribution in [3.8, 4) is 0 Å². The van der Waals surface area contributed by atoms with Gasteiger partial charge in [-0.3, -0.25) is 14.9 Å². The molecule has 2 rings (SSSR count). The van der Waals surface area contributed by atoms with Crippen molar-refractivity contribution in [1.29, 1.82) is 0 Å². The van der Waals surface area contributed by atoms with E-state index in [9.17, 15) is 14.9 Å². The van der Waals surface area contributed by atoms with Crippen LogP contribution in [0.3, 0.4) is 0 Å². The lowest BCUT2D eigenvalue weighted by molar-refractivity contribution is -0.384. The molecular formula is C15H20ClN3O3. The first-order valence-electron chi connectivity index (χ1n) is 7.45. The van der Waals surface area contributed by atoms with Gasteiger partial charge in [-0.05, 0) is 25.3 Å². The third-order valence-electron chi connectivity index (χ3n) is 3.88. The Morgan fingerprint density at radius 1 is 1.36 bits per heavy atom. The number of hydrogen-bond acceptors (Lipinski definition) is 4. The molecule has 0 unspecified atom stereocenters. The number of carbonyl (C=O) groups is 1. The van der Waals surface area contributed by atoms with Crippen LogP contribution in [-0.4, -0.2) is 23.4 Å². The normalized spacial score (nSPS) is 15.4. The van der Waals surface area contributed by atoms with Gasteiger partial charge in [0.1, 0.15) is 0 Å². The quantitative estimate of drug-likeness (QED) is 0.641. The fourth-order valence-corrected chi connectivity index (χ4v) is 3.08. The smallest absolute Gasteiger partial charge is 0.271 e. The minimum atomic E-state index is -0.488.